The molecule has 0 aliphatic carbocycles. The topological polar surface area (TPSA) is 147 Å². The third-order valence-electron chi connectivity index (χ3n) is 1.77. The Bertz CT molecular complexity index is 445. The molecule has 1 aromatic heterocycles. The molecule has 5 N–H and O–H groups in total. The van der Waals surface area contributed by atoms with Crippen molar-refractivity contribution in [3.63, 3.8) is 0 Å². The third-order valence-corrected chi connectivity index (χ3v) is 2.69. The summed E-state index contributed by atoms with van der Waals surface area (Å²) in [5.41, 5.74) is 5.37. The highest BCUT2D eigenvalue weighted by molar-refractivity contribution is 7.60. The molecule has 1 aromatic rings. The second-order valence-corrected chi connectivity index (χ2v) is 4.70. The number of carboxylic acids is 1. The molecule has 1 atom stereocenters. The quantitative estimate of drug-likeness (QED) is 0.457. The molecule has 1 rings (SSSR count). The zero-order valence-electron chi connectivity index (χ0n) is 8.02. The van der Waals surface area contributed by atoms with Gasteiger partial charge in [0.1, 0.15) is 6.04 Å². The summed E-state index contributed by atoms with van der Waals surface area (Å²) >= 11 is 0. The summed E-state index contributed by atoms with van der Waals surface area (Å²) in [7, 11) is -4.40. The predicted molar refractivity (Wildman–Crippen MR) is 53.0 cm³/mol. The summed E-state index contributed by atoms with van der Waals surface area (Å²) < 4.78 is 10.9. The summed E-state index contributed by atoms with van der Waals surface area (Å²) in [6.45, 7) is 0. The molecule has 1 heterocycles. The first kappa shape index (κ1) is 12.7. The van der Waals surface area contributed by atoms with Crippen molar-refractivity contribution >= 4 is 18.9 Å². The lowest BCUT2D eigenvalue weighted by atomic mass is 10.2. The molecular formula is C7H10N3O5P. The van der Waals surface area contributed by atoms with E-state index < -0.39 is 19.6 Å². The molecule has 0 bridgehead atoms. The molecule has 0 fully saturated rings. The Hall–Kier alpha value is -1.34. The summed E-state index contributed by atoms with van der Waals surface area (Å²) in [5.74, 6) is -1.22. The molecule has 0 spiro atoms. The van der Waals surface area contributed by atoms with Gasteiger partial charge in [0.15, 0.2) is 0 Å². The van der Waals surface area contributed by atoms with Crippen LogP contribution in [0, 0.1) is 0 Å². The smallest absolute Gasteiger partial charge is 0.357 e. The number of aliphatic carboxylic acids is 1. The summed E-state index contributed by atoms with van der Waals surface area (Å²) in [4.78, 5) is 28.2. The minimum absolute atomic E-state index is 0.121. The largest absolute Gasteiger partial charge is 0.480 e. The maximum absolute atomic E-state index is 10.9. The monoisotopic (exact) mass is 247 g/mol. The van der Waals surface area contributed by atoms with Gasteiger partial charge in [-0.2, -0.15) is 10.2 Å². The van der Waals surface area contributed by atoms with E-state index in [4.69, 9.17) is 20.6 Å². The number of nitrogens with two attached hydrogens (primary N) is 1. The second kappa shape index (κ2) is 4.67. The Morgan fingerprint density at radius 2 is 2.19 bits per heavy atom. The van der Waals surface area contributed by atoms with Crippen molar-refractivity contribution in [3.05, 3.63) is 18.0 Å². The number of rotatable bonds is 4. The minimum Gasteiger partial charge on any atom is -0.480 e. The van der Waals surface area contributed by atoms with Crippen LogP contribution in [0.5, 0.6) is 0 Å². The molecule has 0 aliphatic heterocycles. The summed E-state index contributed by atoms with van der Waals surface area (Å²) in [6, 6.07) is -0.0855. The van der Waals surface area contributed by atoms with E-state index in [1.165, 1.54) is 0 Å². The van der Waals surface area contributed by atoms with Gasteiger partial charge < -0.3 is 20.6 Å². The Labute approximate surface area is 90.3 Å². The van der Waals surface area contributed by atoms with Crippen LogP contribution in [0.15, 0.2) is 12.3 Å². The van der Waals surface area contributed by atoms with Gasteiger partial charge in [-0.1, -0.05) is 0 Å². The van der Waals surface area contributed by atoms with Crippen molar-refractivity contribution in [2.75, 3.05) is 0 Å². The fourth-order valence-electron chi connectivity index (χ4n) is 0.971. The molecule has 16 heavy (non-hydrogen) atoms. The zero-order chi connectivity index (χ0) is 12.3. The molecule has 9 heteroatoms. The Morgan fingerprint density at radius 3 is 2.69 bits per heavy atom. The van der Waals surface area contributed by atoms with Gasteiger partial charge in [-0.25, -0.2) is 0 Å². The molecule has 0 unspecified atom stereocenters. The Morgan fingerprint density at radius 1 is 1.56 bits per heavy atom. The maximum Gasteiger partial charge on any atom is 0.357 e. The van der Waals surface area contributed by atoms with Gasteiger partial charge >= 0.3 is 13.6 Å². The second-order valence-electron chi connectivity index (χ2n) is 3.10. The lowest BCUT2D eigenvalue weighted by molar-refractivity contribution is -0.138. The van der Waals surface area contributed by atoms with Crippen LogP contribution in [0.25, 0.3) is 0 Å². The van der Waals surface area contributed by atoms with Crippen LogP contribution < -0.4 is 11.0 Å². The van der Waals surface area contributed by atoms with Gasteiger partial charge in [-0.3, -0.25) is 9.36 Å². The van der Waals surface area contributed by atoms with E-state index in [2.05, 4.69) is 10.2 Å². The van der Waals surface area contributed by atoms with Crippen molar-refractivity contribution in [1.82, 2.24) is 10.2 Å². The van der Waals surface area contributed by atoms with Crippen molar-refractivity contribution in [3.8, 4) is 0 Å². The first-order chi connectivity index (χ1) is 7.30. The molecule has 0 saturated carbocycles. The molecule has 0 aliphatic rings. The average molecular weight is 247 g/mol. The standard InChI is InChI=1S/C7H10N3O5P/c8-6(7(11)12)2-4-1-5(3-9-10-4)16(13,14)15/h1,3,6H,2,8H2,(H,11,12)(H2,13,14,15)/t6-/m0/s1. The van der Waals surface area contributed by atoms with E-state index in [0.717, 1.165) is 12.3 Å². The van der Waals surface area contributed by atoms with E-state index in [1.807, 2.05) is 0 Å². The van der Waals surface area contributed by atoms with Crippen molar-refractivity contribution in [2.24, 2.45) is 5.73 Å². The number of hydrogen-bond donors (Lipinski definition) is 4. The van der Waals surface area contributed by atoms with Crippen LogP contribution in [-0.4, -0.2) is 37.1 Å². The van der Waals surface area contributed by atoms with E-state index in [9.17, 15) is 9.36 Å². The van der Waals surface area contributed by atoms with Gasteiger partial charge in [0, 0.05) is 6.42 Å². The fraction of sp³-hybridized carbons (Fsp3) is 0.286. The fourth-order valence-corrected chi connectivity index (χ4v) is 1.49. The predicted octanol–water partition coefficient (Wildman–Crippen LogP) is -1.77. The van der Waals surface area contributed by atoms with Crippen molar-refractivity contribution in [2.45, 2.75) is 12.5 Å². The van der Waals surface area contributed by atoms with Gasteiger partial charge in [0.25, 0.3) is 0 Å². The van der Waals surface area contributed by atoms with Gasteiger partial charge in [-0.15, -0.1) is 0 Å². The molecule has 0 saturated heterocycles. The van der Waals surface area contributed by atoms with Gasteiger partial charge in [0.2, 0.25) is 0 Å². The Balaban J connectivity index is 2.92. The SMILES string of the molecule is N[C@@H](Cc1cc(P(=O)(O)O)cnn1)C(=O)O. The molecule has 88 valence electrons. The van der Waals surface area contributed by atoms with E-state index in [1.54, 1.807) is 0 Å². The first-order valence-corrected chi connectivity index (χ1v) is 5.78. The van der Waals surface area contributed by atoms with Gasteiger partial charge in [-0.05, 0) is 6.07 Å². The molecule has 0 amide bonds. The number of carboxylic acid groups (broad SMARTS) is 1. The number of aromatic nitrogens is 2. The lowest BCUT2D eigenvalue weighted by Crippen LogP contribution is -2.33. The van der Waals surface area contributed by atoms with Crippen molar-refractivity contribution in [1.29, 1.82) is 0 Å². The maximum atomic E-state index is 10.9. The van der Waals surface area contributed by atoms with Crippen LogP contribution >= 0.6 is 7.60 Å². The number of hydrogen-bond acceptors (Lipinski definition) is 5. The number of carbonyl (C=O) groups is 1. The third kappa shape index (κ3) is 3.35. The average Bonchev–Trinajstić information content (AvgIpc) is 2.16. The van der Waals surface area contributed by atoms with E-state index in [0.29, 0.717) is 0 Å². The first-order valence-electron chi connectivity index (χ1n) is 4.17. The molecule has 0 radical (unpaired) electrons. The van der Waals surface area contributed by atoms with Crippen LogP contribution in [0.2, 0.25) is 0 Å². The van der Waals surface area contributed by atoms with Crippen LogP contribution in [0.4, 0.5) is 0 Å². The van der Waals surface area contributed by atoms with Crippen LogP contribution in [-0.2, 0) is 15.8 Å². The van der Waals surface area contributed by atoms with E-state index in [-0.39, 0.29) is 17.4 Å². The summed E-state index contributed by atoms with van der Waals surface area (Å²) in [6.07, 6.45) is 0.784. The number of nitrogens with zero attached hydrogens (tertiary/aromatic N) is 2. The van der Waals surface area contributed by atoms with Crippen molar-refractivity contribution < 1.29 is 24.3 Å². The highest BCUT2D eigenvalue weighted by Gasteiger charge is 2.20. The lowest BCUT2D eigenvalue weighted by Gasteiger charge is -2.07. The molecule has 0 aromatic carbocycles. The summed E-state index contributed by atoms with van der Waals surface area (Å²) in [5, 5.41) is 15.1. The van der Waals surface area contributed by atoms with Crippen LogP contribution in [0.3, 0.4) is 0 Å². The van der Waals surface area contributed by atoms with Crippen LogP contribution in [0.1, 0.15) is 5.69 Å². The zero-order valence-corrected chi connectivity index (χ0v) is 8.91. The molecular weight excluding hydrogens is 237 g/mol. The normalized spacial score (nSPS) is 13.4. The molecule has 8 nitrogen and oxygen atoms in total. The van der Waals surface area contributed by atoms with E-state index >= 15 is 0 Å². The van der Waals surface area contributed by atoms with Gasteiger partial charge in [0.05, 0.1) is 17.2 Å². The highest BCUT2D eigenvalue weighted by Crippen LogP contribution is 2.32. The highest BCUT2D eigenvalue weighted by atomic mass is 31.2. The Kier molecular flexibility index (Phi) is 3.71. The minimum atomic E-state index is -4.40.